The number of aliphatic hydroxyl groups excluding tert-OH is 1. The Kier molecular flexibility index (Phi) is 1.83. The van der Waals surface area contributed by atoms with Gasteiger partial charge in [0.25, 0.3) is 0 Å². The molecule has 0 aromatic carbocycles. The third-order valence-electron chi connectivity index (χ3n) is 1.39. The smallest absolute Gasteiger partial charge is 0.152 e. The third kappa shape index (κ3) is 1.11. The number of ether oxygens (including phenoxy) is 1. The van der Waals surface area contributed by atoms with Gasteiger partial charge in [0.2, 0.25) is 0 Å². The van der Waals surface area contributed by atoms with Crippen molar-refractivity contribution in [1.82, 2.24) is 0 Å². The number of hydrogen-bond donors (Lipinski definition) is 1. The van der Waals surface area contributed by atoms with Crippen molar-refractivity contribution >= 4 is 0 Å². The molecule has 0 aliphatic carbocycles. The van der Waals surface area contributed by atoms with E-state index in [0.717, 1.165) is 0 Å². The van der Waals surface area contributed by atoms with Gasteiger partial charge in [0.15, 0.2) is 6.17 Å². The molecule has 0 bridgehead atoms. The monoisotopic (exact) mass is 132 g/mol. The van der Waals surface area contributed by atoms with Crippen molar-refractivity contribution in [3.63, 3.8) is 0 Å². The van der Waals surface area contributed by atoms with Gasteiger partial charge in [-0.05, 0) is 0 Å². The van der Waals surface area contributed by atoms with E-state index in [4.69, 9.17) is 9.84 Å². The molecule has 1 rings (SSSR count). The Balaban J connectivity index is 2.50. The summed E-state index contributed by atoms with van der Waals surface area (Å²) in [5.41, 5.74) is 0. The van der Waals surface area contributed by atoms with E-state index >= 15 is 0 Å². The molecule has 0 saturated carbocycles. The topological polar surface area (TPSA) is 29.5 Å². The second-order valence-electron chi connectivity index (χ2n) is 2.04. The van der Waals surface area contributed by atoms with Crippen molar-refractivity contribution in [2.75, 3.05) is 6.61 Å². The Labute approximate surface area is 52.9 Å². The first-order valence-corrected chi connectivity index (χ1v) is 2.82. The predicted octanol–water partition coefficient (Wildman–Crippen LogP) is 0.270. The van der Waals surface area contributed by atoms with E-state index in [1.807, 2.05) is 0 Å². The average molecular weight is 132 g/mol. The maximum absolute atomic E-state index is 12.3. The Morgan fingerprint density at radius 2 is 2.44 bits per heavy atom. The van der Waals surface area contributed by atoms with Crippen LogP contribution in [-0.4, -0.2) is 30.1 Å². The van der Waals surface area contributed by atoms with Gasteiger partial charge in [-0.3, -0.25) is 0 Å². The Hall–Kier alpha value is -0.410. The van der Waals surface area contributed by atoms with Crippen LogP contribution in [0.5, 0.6) is 0 Å². The summed E-state index contributed by atoms with van der Waals surface area (Å²) in [4.78, 5) is 0. The van der Waals surface area contributed by atoms with E-state index in [9.17, 15) is 4.39 Å². The van der Waals surface area contributed by atoms with Gasteiger partial charge in [-0.2, -0.15) is 0 Å². The van der Waals surface area contributed by atoms with Crippen molar-refractivity contribution in [2.24, 2.45) is 0 Å². The zero-order chi connectivity index (χ0) is 6.85. The minimum atomic E-state index is -1.24. The van der Waals surface area contributed by atoms with Gasteiger partial charge in [0.05, 0.1) is 6.61 Å². The van der Waals surface area contributed by atoms with Crippen LogP contribution in [0.1, 0.15) is 0 Å². The summed E-state index contributed by atoms with van der Waals surface area (Å²) in [7, 11) is 0. The lowest BCUT2D eigenvalue weighted by Crippen LogP contribution is -2.25. The summed E-state index contributed by atoms with van der Waals surface area (Å²) < 4.78 is 17.1. The van der Waals surface area contributed by atoms with Crippen molar-refractivity contribution in [3.8, 4) is 0 Å². The molecule has 52 valence electrons. The van der Waals surface area contributed by atoms with Crippen LogP contribution >= 0.6 is 0 Å². The maximum Gasteiger partial charge on any atom is 0.152 e. The van der Waals surface area contributed by atoms with Crippen molar-refractivity contribution in [1.29, 1.82) is 0 Å². The first kappa shape index (κ1) is 6.71. The molecule has 1 saturated heterocycles. The van der Waals surface area contributed by atoms with E-state index in [1.165, 1.54) is 6.08 Å². The molecule has 0 spiro atoms. The van der Waals surface area contributed by atoms with Crippen LogP contribution in [0.3, 0.4) is 0 Å². The van der Waals surface area contributed by atoms with Gasteiger partial charge in [0.1, 0.15) is 12.2 Å². The second kappa shape index (κ2) is 2.45. The normalized spacial score (nSPS) is 43.1. The molecule has 9 heavy (non-hydrogen) atoms. The largest absolute Gasteiger partial charge is 0.387 e. The summed E-state index contributed by atoms with van der Waals surface area (Å²) in [5.74, 6) is 0. The molecule has 2 nitrogen and oxygen atoms in total. The highest BCUT2D eigenvalue weighted by atomic mass is 19.1. The van der Waals surface area contributed by atoms with Gasteiger partial charge >= 0.3 is 0 Å². The summed E-state index contributed by atoms with van der Waals surface area (Å²) in [6.07, 6.45) is -1.36. The van der Waals surface area contributed by atoms with Gasteiger partial charge in [0, 0.05) is 0 Å². The fraction of sp³-hybridized carbons (Fsp3) is 0.667. The van der Waals surface area contributed by atoms with E-state index < -0.39 is 18.4 Å². The molecule has 1 fully saturated rings. The second-order valence-corrected chi connectivity index (χ2v) is 2.04. The summed E-state index contributed by atoms with van der Waals surface area (Å²) >= 11 is 0. The Morgan fingerprint density at radius 1 is 1.78 bits per heavy atom. The highest BCUT2D eigenvalue weighted by Gasteiger charge is 2.33. The van der Waals surface area contributed by atoms with E-state index in [0.29, 0.717) is 0 Å². The summed E-state index contributed by atoms with van der Waals surface area (Å²) in [5, 5.41) is 8.89. The van der Waals surface area contributed by atoms with Crippen LogP contribution in [-0.2, 0) is 4.74 Å². The lowest BCUT2D eigenvalue weighted by Gasteiger charge is -2.07. The number of rotatable bonds is 1. The molecule has 0 aromatic heterocycles. The highest BCUT2D eigenvalue weighted by Crippen LogP contribution is 2.17. The van der Waals surface area contributed by atoms with Gasteiger partial charge in [-0.25, -0.2) is 4.39 Å². The summed E-state index contributed by atoms with van der Waals surface area (Å²) in [6, 6.07) is 0. The average Bonchev–Trinajstić information content (AvgIpc) is 2.15. The number of alkyl halides is 1. The Morgan fingerprint density at radius 3 is 2.67 bits per heavy atom. The molecule has 1 N–H and O–H groups in total. The van der Waals surface area contributed by atoms with E-state index in [1.54, 1.807) is 0 Å². The molecular formula is C6H9FO2. The van der Waals surface area contributed by atoms with Crippen molar-refractivity contribution in [3.05, 3.63) is 12.7 Å². The fourth-order valence-electron chi connectivity index (χ4n) is 0.813. The van der Waals surface area contributed by atoms with Gasteiger partial charge in [-0.1, -0.05) is 6.08 Å². The molecule has 3 atom stereocenters. The lowest BCUT2D eigenvalue weighted by molar-refractivity contribution is 0.0663. The van der Waals surface area contributed by atoms with Crippen LogP contribution in [0.15, 0.2) is 12.7 Å². The number of halogens is 1. The quantitative estimate of drug-likeness (QED) is 0.519. The minimum Gasteiger partial charge on any atom is -0.387 e. The molecule has 3 heteroatoms. The minimum absolute atomic E-state index is 0.0160. The fourth-order valence-corrected chi connectivity index (χ4v) is 0.813. The van der Waals surface area contributed by atoms with E-state index in [2.05, 4.69) is 6.58 Å². The van der Waals surface area contributed by atoms with Gasteiger partial charge in [-0.15, -0.1) is 6.58 Å². The molecule has 1 aliphatic heterocycles. The molecule has 0 unspecified atom stereocenters. The molecular weight excluding hydrogens is 123 g/mol. The zero-order valence-corrected chi connectivity index (χ0v) is 4.96. The SMILES string of the molecule is C=C[C@H]1OC[C@H](F)[C@@H]1O. The van der Waals surface area contributed by atoms with Crippen LogP contribution < -0.4 is 0 Å². The molecule has 0 radical (unpaired) electrons. The predicted molar refractivity (Wildman–Crippen MR) is 30.8 cm³/mol. The Bertz CT molecular complexity index is 116. The van der Waals surface area contributed by atoms with Crippen molar-refractivity contribution < 1.29 is 14.2 Å². The maximum atomic E-state index is 12.3. The molecule has 0 aromatic rings. The number of hydrogen-bond acceptors (Lipinski definition) is 2. The third-order valence-corrected chi connectivity index (χ3v) is 1.39. The number of aliphatic hydroxyl groups is 1. The first-order chi connectivity index (χ1) is 4.25. The molecule has 1 aliphatic rings. The standard InChI is InChI=1S/C6H9FO2/c1-2-5-6(8)4(7)3-9-5/h2,4-6,8H,1,3H2/t4-,5+,6-/m0/s1. The van der Waals surface area contributed by atoms with Crippen LogP contribution in [0.2, 0.25) is 0 Å². The van der Waals surface area contributed by atoms with Gasteiger partial charge < -0.3 is 9.84 Å². The van der Waals surface area contributed by atoms with Crippen LogP contribution in [0.4, 0.5) is 4.39 Å². The lowest BCUT2D eigenvalue weighted by atomic mass is 10.2. The van der Waals surface area contributed by atoms with Crippen LogP contribution in [0.25, 0.3) is 0 Å². The van der Waals surface area contributed by atoms with E-state index in [-0.39, 0.29) is 6.61 Å². The highest BCUT2D eigenvalue weighted by molar-refractivity contribution is 4.94. The first-order valence-electron chi connectivity index (χ1n) is 2.82. The summed E-state index contributed by atoms with van der Waals surface area (Å²) in [6.45, 7) is 3.36. The zero-order valence-electron chi connectivity index (χ0n) is 4.96. The van der Waals surface area contributed by atoms with Crippen LogP contribution in [0, 0.1) is 0 Å². The van der Waals surface area contributed by atoms with Crippen molar-refractivity contribution in [2.45, 2.75) is 18.4 Å². The molecule has 0 amide bonds. The molecule has 1 heterocycles.